The van der Waals surface area contributed by atoms with Gasteiger partial charge < -0.3 is 14.8 Å². The summed E-state index contributed by atoms with van der Waals surface area (Å²) in [7, 11) is -0.730. The molecule has 6 rings (SSSR count). The van der Waals surface area contributed by atoms with Crippen molar-refractivity contribution in [1.29, 1.82) is 0 Å². The summed E-state index contributed by atoms with van der Waals surface area (Å²) < 4.78 is 40.8. The molecule has 6 aromatic rings. The summed E-state index contributed by atoms with van der Waals surface area (Å²) in [5.74, 6) is 2.33. The maximum atomic E-state index is 13.0. The lowest BCUT2D eigenvalue weighted by Crippen LogP contribution is -2.13. The number of benzene rings is 4. The van der Waals surface area contributed by atoms with Crippen LogP contribution in [0.4, 0.5) is 17.2 Å². The van der Waals surface area contributed by atoms with Crippen LogP contribution in [0.5, 0.6) is 11.5 Å². The first kappa shape index (κ1) is 25.1. The van der Waals surface area contributed by atoms with E-state index in [2.05, 4.69) is 20.2 Å². The minimum atomic E-state index is -3.84. The first-order chi connectivity index (χ1) is 19.4. The van der Waals surface area contributed by atoms with Gasteiger partial charge in [0, 0.05) is 28.1 Å². The van der Waals surface area contributed by atoms with E-state index in [4.69, 9.17) is 14.6 Å². The standard InChI is InChI=1S/C29H24N6O4S/c1-38-22-15-13-19(14-16-22)28-31-32-29-26-12-4-3-11-25(26)27(33-35(28)29)30-20-7-5-8-21(17-20)34-40(36,37)24-10-6-9-23(18-24)39-2/h3-18,34H,1-2H3,(H,30,33). The quantitative estimate of drug-likeness (QED) is 0.254. The Bertz CT molecular complexity index is 1960. The molecule has 0 saturated heterocycles. The van der Waals surface area contributed by atoms with Crippen LogP contribution in [0.1, 0.15) is 0 Å². The molecule has 0 saturated carbocycles. The number of aromatic nitrogens is 4. The highest BCUT2D eigenvalue weighted by Crippen LogP contribution is 2.31. The van der Waals surface area contributed by atoms with Crippen LogP contribution < -0.4 is 19.5 Å². The van der Waals surface area contributed by atoms with Crippen molar-refractivity contribution in [1.82, 2.24) is 19.8 Å². The Morgan fingerprint density at radius 2 is 1.45 bits per heavy atom. The minimum absolute atomic E-state index is 0.0991. The largest absolute Gasteiger partial charge is 0.497 e. The number of ether oxygens (including phenoxy) is 2. The summed E-state index contributed by atoms with van der Waals surface area (Å²) in [6.45, 7) is 0. The second kappa shape index (κ2) is 10.2. The molecule has 2 heterocycles. The van der Waals surface area contributed by atoms with Gasteiger partial charge in [-0.1, -0.05) is 36.4 Å². The third-order valence-corrected chi connectivity index (χ3v) is 7.72. The van der Waals surface area contributed by atoms with E-state index in [1.807, 2.05) is 54.6 Å². The number of rotatable bonds is 8. The maximum Gasteiger partial charge on any atom is 0.262 e. The lowest BCUT2D eigenvalue weighted by Gasteiger charge is -2.13. The first-order valence-electron chi connectivity index (χ1n) is 12.3. The summed E-state index contributed by atoms with van der Waals surface area (Å²) in [6.07, 6.45) is 0. The van der Waals surface area contributed by atoms with Crippen molar-refractivity contribution >= 4 is 43.6 Å². The highest BCUT2D eigenvalue weighted by atomic mass is 32.2. The molecule has 0 aliphatic heterocycles. The zero-order valence-electron chi connectivity index (χ0n) is 21.6. The Morgan fingerprint density at radius 1 is 0.725 bits per heavy atom. The molecule has 40 heavy (non-hydrogen) atoms. The van der Waals surface area contributed by atoms with Crippen molar-refractivity contribution in [3.05, 3.63) is 97.1 Å². The van der Waals surface area contributed by atoms with E-state index in [0.29, 0.717) is 34.4 Å². The van der Waals surface area contributed by atoms with Crippen LogP contribution in [0.25, 0.3) is 27.8 Å². The van der Waals surface area contributed by atoms with Crippen LogP contribution in [0.3, 0.4) is 0 Å². The van der Waals surface area contributed by atoms with Crippen LogP contribution in [0.15, 0.2) is 102 Å². The number of anilines is 3. The Labute approximate surface area is 230 Å². The van der Waals surface area contributed by atoms with Gasteiger partial charge in [0.15, 0.2) is 17.3 Å². The topological polar surface area (TPSA) is 120 Å². The molecule has 2 aromatic heterocycles. The van der Waals surface area contributed by atoms with Gasteiger partial charge in [0.1, 0.15) is 11.5 Å². The zero-order valence-corrected chi connectivity index (χ0v) is 22.4. The molecule has 0 aliphatic carbocycles. The van der Waals surface area contributed by atoms with Crippen LogP contribution in [-0.4, -0.2) is 42.4 Å². The van der Waals surface area contributed by atoms with Gasteiger partial charge in [0.25, 0.3) is 10.0 Å². The smallest absolute Gasteiger partial charge is 0.262 e. The van der Waals surface area contributed by atoms with Crippen molar-refractivity contribution in [2.24, 2.45) is 0 Å². The molecule has 0 radical (unpaired) electrons. The van der Waals surface area contributed by atoms with E-state index in [9.17, 15) is 8.42 Å². The van der Waals surface area contributed by atoms with Crippen LogP contribution in [0.2, 0.25) is 0 Å². The molecule has 0 spiro atoms. The summed E-state index contributed by atoms with van der Waals surface area (Å²) in [5, 5.41) is 18.7. The molecular weight excluding hydrogens is 528 g/mol. The van der Waals surface area contributed by atoms with Crippen molar-refractivity contribution in [2.75, 3.05) is 24.3 Å². The fourth-order valence-electron chi connectivity index (χ4n) is 4.37. The first-order valence-corrected chi connectivity index (χ1v) is 13.8. The van der Waals surface area contributed by atoms with E-state index in [0.717, 1.165) is 22.1 Å². The van der Waals surface area contributed by atoms with Crippen molar-refractivity contribution < 1.29 is 17.9 Å². The monoisotopic (exact) mass is 552 g/mol. The van der Waals surface area contributed by atoms with Gasteiger partial charge in [-0.3, -0.25) is 4.72 Å². The highest BCUT2D eigenvalue weighted by Gasteiger charge is 2.17. The third-order valence-electron chi connectivity index (χ3n) is 6.34. The Kier molecular flexibility index (Phi) is 6.40. The number of hydrogen-bond acceptors (Lipinski definition) is 8. The maximum absolute atomic E-state index is 13.0. The van der Waals surface area contributed by atoms with Crippen LogP contribution >= 0.6 is 0 Å². The van der Waals surface area contributed by atoms with E-state index in [1.54, 1.807) is 42.0 Å². The predicted molar refractivity (Wildman–Crippen MR) is 154 cm³/mol. The fourth-order valence-corrected chi connectivity index (χ4v) is 5.46. The average molecular weight is 553 g/mol. The molecule has 200 valence electrons. The third kappa shape index (κ3) is 4.74. The summed E-state index contributed by atoms with van der Waals surface area (Å²) in [4.78, 5) is 0.0991. The molecule has 0 bridgehead atoms. The number of sulfonamides is 1. The minimum Gasteiger partial charge on any atom is -0.497 e. The molecule has 0 unspecified atom stereocenters. The SMILES string of the molecule is COc1ccc(-c2nnc3c4ccccc4c(Nc4cccc(NS(=O)(=O)c5cccc(OC)c5)c4)nn23)cc1. The lowest BCUT2D eigenvalue weighted by atomic mass is 10.1. The molecule has 10 nitrogen and oxygen atoms in total. The Morgan fingerprint density at radius 3 is 2.23 bits per heavy atom. The molecule has 0 aliphatic rings. The summed E-state index contributed by atoms with van der Waals surface area (Å²) in [5.41, 5.74) is 2.48. The number of nitrogens with one attached hydrogen (secondary N) is 2. The molecule has 2 N–H and O–H groups in total. The molecular formula is C29H24N6O4S. The van der Waals surface area contributed by atoms with E-state index < -0.39 is 10.0 Å². The van der Waals surface area contributed by atoms with Gasteiger partial charge in [-0.15, -0.1) is 15.3 Å². The highest BCUT2D eigenvalue weighted by molar-refractivity contribution is 7.92. The predicted octanol–water partition coefficient (Wildman–Crippen LogP) is 5.51. The number of fused-ring (bicyclic) bond motifs is 3. The summed E-state index contributed by atoms with van der Waals surface area (Å²) >= 11 is 0. The summed E-state index contributed by atoms with van der Waals surface area (Å²) in [6, 6.07) is 28.5. The zero-order chi connectivity index (χ0) is 27.7. The van der Waals surface area contributed by atoms with Gasteiger partial charge in [0.2, 0.25) is 0 Å². The molecule has 0 fully saturated rings. The van der Waals surface area contributed by atoms with Crippen molar-refractivity contribution in [2.45, 2.75) is 4.90 Å². The second-order valence-corrected chi connectivity index (χ2v) is 10.6. The molecule has 0 amide bonds. The molecule has 11 heteroatoms. The molecule has 0 atom stereocenters. The van der Waals surface area contributed by atoms with E-state index >= 15 is 0 Å². The Balaban J connectivity index is 1.37. The van der Waals surface area contributed by atoms with Crippen molar-refractivity contribution in [3.63, 3.8) is 0 Å². The van der Waals surface area contributed by atoms with E-state index in [-0.39, 0.29) is 4.90 Å². The van der Waals surface area contributed by atoms with Gasteiger partial charge in [0.05, 0.1) is 24.8 Å². The van der Waals surface area contributed by atoms with Gasteiger partial charge in [-0.2, -0.15) is 4.52 Å². The normalized spacial score (nSPS) is 11.4. The lowest BCUT2D eigenvalue weighted by molar-refractivity contribution is 0.413. The van der Waals surface area contributed by atoms with Crippen molar-refractivity contribution in [3.8, 4) is 22.9 Å². The Hall–Kier alpha value is -5.16. The second-order valence-electron chi connectivity index (χ2n) is 8.87. The molecule has 4 aromatic carbocycles. The van der Waals surface area contributed by atoms with Crippen LogP contribution in [0, 0.1) is 0 Å². The number of nitrogens with zero attached hydrogens (tertiary/aromatic N) is 4. The van der Waals surface area contributed by atoms with E-state index in [1.165, 1.54) is 19.2 Å². The van der Waals surface area contributed by atoms with Gasteiger partial charge in [-0.25, -0.2) is 8.42 Å². The van der Waals surface area contributed by atoms with Gasteiger partial charge >= 0.3 is 0 Å². The average Bonchev–Trinajstić information content (AvgIpc) is 3.41. The number of hydrogen-bond donors (Lipinski definition) is 2. The fraction of sp³-hybridized carbons (Fsp3) is 0.0690. The van der Waals surface area contributed by atoms with Gasteiger partial charge in [-0.05, 0) is 54.6 Å². The number of methoxy groups -OCH3 is 2. The van der Waals surface area contributed by atoms with Crippen LogP contribution in [-0.2, 0) is 10.0 Å².